The van der Waals surface area contributed by atoms with Crippen molar-refractivity contribution >= 4 is 43.5 Å². The molecule has 0 amide bonds. The Labute approximate surface area is 169 Å². The Morgan fingerprint density at radius 1 is 0.889 bits per heavy atom. The molecule has 5 heteroatoms. The van der Waals surface area contributed by atoms with Gasteiger partial charge in [0.25, 0.3) is 0 Å². The third-order valence-electron chi connectivity index (χ3n) is 4.30. The molecule has 3 nitrogen and oxygen atoms in total. The van der Waals surface area contributed by atoms with Crippen molar-refractivity contribution in [2.45, 2.75) is 0 Å². The predicted octanol–water partition coefficient (Wildman–Crippen LogP) is 6.04. The molecule has 0 bridgehead atoms. The Balaban J connectivity index is 2.15. The first kappa shape index (κ1) is 17.9. The second kappa shape index (κ2) is 7.62. The minimum Gasteiger partial charge on any atom is -0.304 e. The zero-order valence-electron chi connectivity index (χ0n) is 14.6. The number of nitrogens with one attached hydrogen (secondary N) is 1. The largest absolute Gasteiger partial charge is 0.304 e. The fourth-order valence-corrected chi connectivity index (χ4v) is 4.04. The normalized spacial score (nSPS) is 12.1. The van der Waals surface area contributed by atoms with Crippen molar-refractivity contribution in [3.05, 3.63) is 83.3 Å². The molecule has 0 saturated carbocycles. The van der Waals surface area contributed by atoms with E-state index in [-0.39, 0.29) is 0 Å². The molecule has 0 saturated heterocycles. The lowest BCUT2D eigenvalue weighted by Gasteiger charge is -2.18. The van der Waals surface area contributed by atoms with E-state index < -0.39 is 11.0 Å². The molecule has 0 radical (unpaired) electrons. The van der Waals surface area contributed by atoms with E-state index in [1.165, 1.54) is 0 Å². The number of fused-ring (bicyclic) bond motifs is 1. The minimum absolute atomic E-state index is 0.826. The van der Waals surface area contributed by atoms with Crippen LogP contribution in [0, 0.1) is 0 Å². The van der Waals surface area contributed by atoms with Crippen LogP contribution in [0.2, 0.25) is 0 Å². The second-order valence-electron chi connectivity index (χ2n) is 6.16. The SMILES string of the molecule is CS(=O)Nc1c(-c2ccccc2)c(-c2ccccc2)nc2ccc(Br)cc12. The van der Waals surface area contributed by atoms with Crippen molar-refractivity contribution in [2.24, 2.45) is 0 Å². The van der Waals surface area contributed by atoms with E-state index >= 15 is 0 Å². The monoisotopic (exact) mass is 436 g/mol. The first-order valence-corrected chi connectivity index (χ1v) is 10.8. The van der Waals surface area contributed by atoms with Crippen LogP contribution in [0.25, 0.3) is 33.3 Å². The number of nitrogens with zero attached hydrogens (tertiary/aromatic N) is 1. The number of aromatic nitrogens is 1. The number of pyridine rings is 1. The van der Waals surface area contributed by atoms with Crippen LogP contribution in [0.3, 0.4) is 0 Å². The van der Waals surface area contributed by atoms with Gasteiger partial charge in [-0.2, -0.15) is 0 Å². The van der Waals surface area contributed by atoms with Gasteiger partial charge in [-0.25, -0.2) is 9.19 Å². The molecule has 134 valence electrons. The third kappa shape index (κ3) is 3.66. The molecule has 1 atom stereocenters. The Morgan fingerprint density at radius 3 is 2.15 bits per heavy atom. The first-order chi connectivity index (χ1) is 13.1. The van der Waals surface area contributed by atoms with E-state index in [1.54, 1.807) is 6.26 Å². The molecule has 4 aromatic rings. The van der Waals surface area contributed by atoms with Gasteiger partial charge < -0.3 is 4.72 Å². The average Bonchev–Trinajstić information content (AvgIpc) is 2.69. The molecule has 0 spiro atoms. The Hall–Kier alpha value is -2.50. The van der Waals surface area contributed by atoms with E-state index in [4.69, 9.17) is 4.98 Å². The Bertz CT molecular complexity index is 1130. The third-order valence-corrected chi connectivity index (χ3v) is 5.29. The van der Waals surface area contributed by atoms with Gasteiger partial charge in [0, 0.05) is 27.2 Å². The summed E-state index contributed by atoms with van der Waals surface area (Å²) >= 11 is 3.55. The summed E-state index contributed by atoms with van der Waals surface area (Å²) in [6.07, 6.45) is 1.64. The van der Waals surface area contributed by atoms with Gasteiger partial charge in [0.05, 0.1) is 16.9 Å². The topological polar surface area (TPSA) is 42.0 Å². The van der Waals surface area contributed by atoms with Gasteiger partial charge in [0.15, 0.2) is 0 Å². The molecular formula is C22H17BrN2OS. The lowest BCUT2D eigenvalue weighted by atomic mass is 9.95. The van der Waals surface area contributed by atoms with Gasteiger partial charge in [-0.1, -0.05) is 76.6 Å². The molecule has 1 unspecified atom stereocenters. The molecular weight excluding hydrogens is 420 g/mol. The fraction of sp³-hybridized carbons (Fsp3) is 0.0455. The highest BCUT2D eigenvalue weighted by atomic mass is 79.9. The average molecular weight is 437 g/mol. The van der Waals surface area contributed by atoms with Gasteiger partial charge in [0.2, 0.25) is 0 Å². The van der Waals surface area contributed by atoms with Crippen molar-refractivity contribution in [3.63, 3.8) is 0 Å². The number of rotatable bonds is 4. The molecule has 4 rings (SSSR count). The zero-order chi connectivity index (χ0) is 18.8. The second-order valence-corrected chi connectivity index (χ2v) is 8.19. The van der Waals surface area contributed by atoms with E-state index in [0.29, 0.717) is 0 Å². The maximum absolute atomic E-state index is 12.1. The van der Waals surface area contributed by atoms with Crippen LogP contribution in [0.1, 0.15) is 0 Å². The smallest absolute Gasteiger partial charge is 0.113 e. The van der Waals surface area contributed by atoms with E-state index in [2.05, 4.69) is 32.8 Å². The molecule has 1 aromatic heterocycles. The van der Waals surface area contributed by atoms with Crippen LogP contribution in [0.5, 0.6) is 0 Å². The van der Waals surface area contributed by atoms with Crippen molar-refractivity contribution in [2.75, 3.05) is 11.0 Å². The van der Waals surface area contributed by atoms with Crippen molar-refractivity contribution in [1.82, 2.24) is 4.98 Å². The van der Waals surface area contributed by atoms with Crippen LogP contribution in [0.4, 0.5) is 5.69 Å². The maximum Gasteiger partial charge on any atom is 0.113 e. The number of benzene rings is 3. The molecule has 27 heavy (non-hydrogen) atoms. The number of hydrogen-bond donors (Lipinski definition) is 1. The van der Waals surface area contributed by atoms with Gasteiger partial charge >= 0.3 is 0 Å². The van der Waals surface area contributed by atoms with Crippen molar-refractivity contribution < 1.29 is 4.21 Å². The summed E-state index contributed by atoms with van der Waals surface area (Å²) in [5.41, 5.74) is 5.54. The highest BCUT2D eigenvalue weighted by molar-refractivity contribution is 9.10. The van der Waals surface area contributed by atoms with Crippen molar-refractivity contribution in [1.29, 1.82) is 0 Å². The zero-order valence-corrected chi connectivity index (χ0v) is 17.0. The van der Waals surface area contributed by atoms with Crippen LogP contribution in [-0.2, 0) is 11.0 Å². The first-order valence-electron chi connectivity index (χ1n) is 8.47. The van der Waals surface area contributed by atoms with Gasteiger partial charge in [-0.15, -0.1) is 0 Å². The Morgan fingerprint density at radius 2 is 1.52 bits per heavy atom. The van der Waals surface area contributed by atoms with Crippen molar-refractivity contribution in [3.8, 4) is 22.4 Å². The summed E-state index contributed by atoms with van der Waals surface area (Å²) in [6, 6.07) is 26.1. The predicted molar refractivity (Wildman–Crippen MR) is 118 cm³/mol. The molecule has 0 aliphatic rings. The highest BCUT2D eigenvalue weighted by Crippen LogP contribution is 2.41. The summed E-state index contributed by atoms with van der Waals surface area (Å²) in [5, 5.41) is 0.929. The molecule has 3 aromatic carbocycles. The molecule has 1 heterocycles. The van der Waals surface area contributed by atoms with Crippen LogP contribution < -0.4 is 4.72 Å². The summed E-state index contributed by atoms with van der Waals surface area (Å²) in [5.74, 6) is 0. The lowest BCUT2D eigenvalue weighted by molar-refractivity contribution is 0.690. The molecule has 1 N–H and O–H groups in total. The van der Waals surface area contributed by atoms with Crippen LogP contribution in [0.15, 0.2) is 83.3 Å². The number of halogens is 1. The minimum atomic E-state index is -1.22. The van der Waals surface area contributed by atoms with Crippen LogP contribution in [-0.4, -0.2) is 15.4 Å². The van der Waals surface area contributed by atoms with E-state index in [1.807, 2.05) is 66.7 Å². The Kier molecular flexibility index (Phi) is 5.05. The molecule has 0 aliphatic carbocycles. The van der Waals surface area contributed by atoms with E-state index in [9.17, 15) is 4.21 Å². The summed E-state index contributed by atoms with van der Waals surface area (Å²) in [4.78, 5) is 4.97. The fourth-order valence-electron chi connectivity index (χ4n) is 3.18. The summed E-state index contributed by atoms with van der Waals surface area (Å²) < 4.78 is 16.3. The summed E-state index contributed by atoms with van der Waals surface area (Å²) in [7, 11) is -1.22. The van der Waals surface area contributed by atoms with Gasteiger partial charge in [-0.05, 0) is 23.8 Å². The number of hydrogen-bond acceptors (Lipinski definition) is 2. The highest BCUT2D eigenvalue weighted by Gasteiger charge is 2.19. The maximum atomic E-state index is 12.1. The standard InChI is InChI=1S/C22H17BrN2OS/c1-27(26)25-22-18-14-17(23)12-13-19(18)24-21(16-10-6-3-7-11-16)20(22)15-8-4-2-5-9-15/h2-14H,1H3,(H,24,25). The molecule has 0 aliphatic heterocycles. The number of anilines is 1. The molecule has 0 fully saturated rings. The summed E-state index contributed by atoms with van der Waals surface area (Å²) in [6.45, 7) is 0. The lowest BCUT2D eigenvalue weighted by Crippen LogP contribution is -2.06. The van der Waals surface area contributed by atoms with Gasteiger partial charge in [-0.3, -0.25) is 0 Å². The quantitative estimate of drug-likeness (QED) is 0.423. The van der Waals surface area contributed by atoms with Crippen LogP contribution >= 0.6 is 15.9 Å². The van der Waals surface area contributed by atoms with Gasteiger partial charge in [0.1, 0.15) is 11.0 Å². The van der Waals surface area contributed by atoms with E-state index in [0.717, 1.165) is 43.4 Å².